The number of fused-ring (bicyclic) bond motifs is 1. The molecule has 1 fully saturated rings. The molecule has 0 spiro atoms. The van der Waals surface area contributed by atoms with Crippen LogP contribution in [0.4, 0.5) is 0 Å². The van der Waals surface area contributed by atoms with Gasteiger partial charge in [0, 0.05) is 5.56 Å². The summed E-state index contributed by atoms with van der Waals surface area (Å²) >= 11 is 0. The summed E-state index contributed by atoms with van der Waals surface area (Å²) in [7, 11) is 0. The summed E-state index contributed by atoms with van der Waals surface area (Å²) in [5.74, 6) is 0. The molecule has 3 atom stereocenters. The van der Waals surface area contributed by atoms with Crippen molar-refractivity contribution in [2.45, 2.75) is 38.4 Å². The smallest absolute Gasteiger partial charge is 0.141 e. The van der Waals surface area contributed by atoms with Gasteiger partial charge in [-0.05, 0) is 26.2 Å². The Balaban J connectivity index is 2.01. The molecule has 3 nitrogen and oxygen atoms in total. The lowest BCUT2D eigenvalue weighted by atomic mass is 9.67. The van der Waals surface area contributed by atoms with Crippen LogP contribution in [0, 0.1) is 5.41 Å². The Bertz CT molecular complexity index is 443. The fourth-order valence-corrected chi connectivity index (χ4v) is 2.96. The number of hydrogen-bond acceptors (Lipinski definition) is 3. The van der Waals surface area contributed by atoms with Gasteiger partial charge in [-0.3, -0.25) is 0 Å². The number of hydrogen-bond donors (Lipinski definition) is 1. The number of nitrogens with zero attached hydrogens (tertiary/aromatic N) is 1. The predicted molar refractivity (Wildman–Crippen MR) is 65.8 cm³/mol. The Morgan fingerprint density at radius 3 is 2.82 bits per heavy atom. The minimum absolute atomic E-state index is 0.0291. The number of oxime groups is 1. The third kappa shape index (κ3) is 1.49. The zero-order valence-corrected chi connectivity index (χ0v) is 9.97. The van der Waals surface area contributed by atoms with E-state index in [2.05, 4.69) is 12.1 Å². The Morgan fingerprint density at radius 1 is 1.29 bits per heavy atom. The van der Waals surface area contributed by atoms with Crippen molar-refractivity contribution in [1.82, 2.24) is 0 Å². The molecule has 1 aromatic rings. The van der Waals surface area contributed by atoms with E-state index in [0.29, 0.717) is 0 Å². The van der Waals surface area contributed by atoms with E-state index in [-0.39, 0.29) is 17.6 Å². The molecule has 3 rings (SSSR count). The quantitative estimate of drug-likeness (QED) is 0.806. The molecule has 90 valence electrons. The van der Waals surface area contributed by atoms with Crippen LogP contribution in [0.5, 0.6) is 0 Å². The topological polar surface area (TPSA) is 41.8 Å². The summed E-state index contributed by atoms with van der Waals surface area (Å²) in [6.07, 6.45) is 2.50. The summed E-state index contributed by atoms with van der Waals surface area (Å²) in [6.45, 7) is 2.07. The molecule has 0 saturated heterocycles. The van der Waals surface area contributed by atoms with Gasteiger partial charge in [0.25, 0.3) is 0 Å². The van der Waals surface area contributed by atoms with Crippen LogP contribution in [0.15, 0.2) is 35.5 Å². The van der Waals surface area contributed by atoms with Crippen molar-refractivity contribution < 1.29 is 9.94 Å². The molecule has 0 amide bonds. The average molecular weight is 231 g/mol. The zero-order valence-electron chi connectivity index (χ0n) is 9.97. The zero-order chi connectivity index (χ0) is 11.9. The molecule has 0 aromatic heterocycles. The van der Waals surface area contributed by atoms with Gasteiger partial charge in [-0.15, -0.1) is 0 Å². The van der Waals surface area contributed by atoms with Gasteiger partial charge in [-0.1, -0.05) is 35.5 Å². The molecule has 1 aliphatic heterocycles. The fraction of sp³-hybridized carbons (Fsp3) is 0.500. The van der Waals surface area contributed by atoms with Gasteiger partial charge < -0.3 is 9.94 Å². The van der Waals surface area contributed by atoms with Gasteiger partial charge in [0.05, 0.1) is 17.2 Å². The van der Waals surface area contributed by atoms with Crippen LogP contribution >= 0.6 is 0 Å². The van der Waals surface area contributed by atoms with Gasteiger partial charge in [0.2, 0.25) is 0 Å². The van der Waals surface area contributed by atoms with Crippen LogP contribution in [-0.4, -0.2) is 23.0 Å². The Labute approximate surface area is 101 Å². The largest absolute Gasteiger partial charge is 0.392 e. The van der Waals surface area contributed by atoms with Gasteiger partial charge in [-0.25, -0.2) is 0 Å². The lowest BCUT2D eigenvalue weighted by molar-refractivity contribution is -0.0605. The standard InChI is InChI=1S/C14H17NO2/c1-14-11(16)8-5-9-12(14)17-15-13(14)10-6-3-2-4-7-10/h2-4,6-7,11-12,16H,5,8-9H2,1H3/t11-,12+,14-/m0/s1. The van der Waals surface area contributed by atoms with Gasteiger partial charge in [0.15, 0.2) is 0 Å². The summed E-state index contributed by atoms with van der Waals surface area (Å²) in [5, 5.41) is 14.5. The maximum absolute atomic E-state index is 10.3. The average Bonchev–Trinajstić information content (AvgIpc) is 2.70. The predicted octanol–water partition coefficient (Wildman–Crippen LogP) is 2.34. The highest BCUT2D eigenvalue weighted by Gasteiger charge is 2.53. The van der Waals surface area contributed by atoms with E-state index in [1.54, 1.807) is 0 Å². The molecule has 1 aromatic carbocycles. The van der Waals surface area contributed by atoms with Gasteiger partial charge in [-0.2, -0.15) is 0 Å². The van der Waals surface area contributed by atoms with Crippen molar-refractivity contribution >= 4 is 5.71 Å². The van der Waals surface area contributed by atoms with E-state index in [1.807, 2.05) is 30.3 Å². The van der Waals surface area contributed by atoms with Crippen LogP contribution in [0.1, 0.15) is 31.7 Å². The van der Waals surface area contributed by atoms with Crippen molar-refractivity contribution in [3.8, 4) is 0 Å². The highest BCUT2D eigenvalue weighted by Crippen LogP contribution is 2.45. The summed E-state index contributed by atoms with van der Waals surface area (Å²) < 4.78 is 0. The van der Waals surface area contributed by atoms with Crippen molar-refractivity contribution in [2.24, 2.45) is 10.6 Å². The Hall–Kier alpha value is -1.35. The molecule has 1 heterocycles. The maximum atomic E-state index is 10.3. The molecule has 1 saturated carbocycles. The normalized spacial score (nSPS) is 36.0. The van der Waals surface area contributed by atoms with Crippen molar-refractivity contribution in [2.75, 3.05) is 0 Å². The lowest BCUT2D eigenvalue weighted by Gasteiger charge is -2.38. The SMILES string of the molecule is C[C@@]12C(c3ccccc3)=NO[C@@H]1CCC[C@@H]2O. The summed E-state index contributed by atoms with van der Waals surface area (Å²) in [6, 6.07) is 10.0. The molecular formula is C14H17NO2. The third-order valence-electron chi connectivity index (χ3n) is 4.13. The van der Waals surface area contributed by atoms with Crippen molar-refractivity contribution in [3.63, 3.8) is 0 Å². The van der Waals surface area contributed by atoms with Crippen LogP contribution in [-0.2, 0) is 4.84 Å². The number of aliphatic hydroxyl groups excluding tert-OH is 1. The molecule has 0 bridgehead atoms. The number of rotatable bonds is 1. The van der Waals surface area contributed by atoms with Crippen molar-refractivity contribution in [1.29, 1.82) is 0 Å². The summed E-state index contributed by atoms with van der Waals surface area (Å²) in [4.78, 5) is 5.53. The molecular weight excluding hydrogens is 214 g/mol. The molecule has 3 heteroatoms. The van der Waals surface area contributed by atoms with Crippen LogP contribution in [0.2, 0.25) is 0 Å². The Morgan fingerprint density at radius 2 is 2.06 bits per heavy atom. The monoisotopic (exact) mass is 231 g/mol. The van der Waals surface area contributed by atoms with E-state index in [9.17, 15) is 5.11 Å². The molecule has 2 aliphatic rings. The third-order valence-corrected chi connectivity index (χ3v) is 4.13. The van der Waals surface area contributed by atoms with E-state index in [4.69, 9.17) is 4.84 Å². The highest BCUT2D eigenvalue weighted by molar-refractivity contribution is 6.05. The first-order valence-corrected chi connectivity index (χ1v) is 6.20. The lowest BCUT2D eigenvalue weighted by Crippen LogP contribution is -2.49. The molecule has 17 heavy (non-hydrogen) atoms. The summed E-state index contributed by atoms with van der Waals surface area (Å²) in [5.41, 5.74) is 1.60. The first kappa shape index (κ1) is 10.8. The second-order valence-electron chi connectivity index (χ2n) is 5.13. The number of benzene rings is 1. The Kier molecular flexibility index (Phi) is 2.44. The molecule has 1 N–H and O–H groups in total. The van der Waals surface area contributed by atoms with Crippen molar-refractivity contribution in [3.05, 3.63) is 35.9 Å². The first-order chi connectivity index (χ1) is 8.23. The second-order valence-corrected chi connectivity index (χ2v) is 5.13. The molecule has 0 unspecified atom stereocenters. The first-order valence-electron chi connectivity index (χ1n) is 6.20. The fourth-order valence-electron chi connectivity index (χ4n) is 2.96. The van der Waals surface area contributed by atoms with E-state index in [1.165, 1.54) is 0 Å². The highest BCUT2D eigenvalue weighted by atomic mass is 16.6. The van der Waals surface area contributed by atoms with Crippen LogP contribution in [0.3, 0.4) is 0 Å². The minimum atomic E-state index is -0.359. The van der Waals surface area contributed by atoms with E-state index in [0.717, 1.165) is 30.5 Å². The molecule has 1 aliphatic carbocycles. The maximum Gasteiger partial charge on any atom is 0.141 e. The van der Waals surface area contributed by atoms with Crippen LogP contribution < -0.4 is 0 Å². The minimum Gasteiger partial charge on any atom is -0.392 e. The van der Waals surface area contributed by atoms with E-state index >= 15 is 0 Å². The number of aliphatic hydroxyl groups is 1. The van der Waals surface area contributed by atoms with E-state index < -0.39 is 0 Å². The van der Waals surface area contributed by atoms with Gasteiger partial charge >= 0.3 is 0 Å². The van der Waals surface area contributed by atoms with Gasteiger partial charge in [0.1, 0.15) is 6.10 Å². The second kappa shape index (κ2) is 3.84. The van der Waals surface area contributed by atoms with Crippen LogP contribution in [0.25, 0.3) is 0 Å². The molecule has 0 radical (unpaired) electrons.